The predicted octanol–water partition coefficient (Wildman–Crippen LogP) is 4.61. The van der Waals surface area contributed by atoms with E-state index in [2.05, 4.69) is 20.9 Å². The number of nitrogens with one attached hydrogen (secondary N) is 2. The number of nitrogens with zero attached hydrogens (tertiary/aromatic N) is 4. The lowest BCUT2D eigenvalue weighted by molar-refractivity contribution is -0.127. The fourth-order valence-corrected chi connectivity index (χ4v) is 4.90. The molecule has 0 spiro atoms. The van der Waals surface area contributed by atoms with E-state index in [9.17, 15) is 14.4 Å². The van der Waals surface area contributed by atoms with Gasteiger partial charge in [0.25, 0.3) is 5.91 Å². The van der Waals surface area contributed by atoms with E-state index < -0.39 is 11.9 Å². The highest BCUT2D eigenvalue weighted by Crippen LogP contribution is 2.23. The van der Waals surface area contributed by atoms with Gasteiger partial charge in [-0.25, -0.2) is 4.68 Å². The molecule has 0 aliphatic carbocycles. The molecule has 0 aliphatic heterocycles. The minimum atomic E-state index is -0.825. The van der Waals surface area contributed by atoms with Crippen molar-refractivity contribution in [3.05, 3.63) is 120 Å². The average molecular weight is 619 g/mol. The van der Waals surface area contributed by atoms with E-state index in [1.54, 1.807) is 87.1 Å². The van der Waals surface area contributed by atoms with Gasteiger partial charge in [0.1, 0.15) is 29.8 Å². The van der Waals surface area contributed by atoms with E-state index in [0.29, 0.717) is 46.1 Å². The van der Waals surface area contributed by atoms with Gasteiger partial charge in [0.15, 0.2) is 0 Å². The average Bonchev–Trinajstić information content (AvgIpc) is 3.56. The van der Waals surface area contributed by atoms with Crippen LogP contribution in [-0.2, 0) is 22.6 Å². The lowest BCUT2D eigenvalue weighted by atomic mass is 10.0. The van der Waals surface area contributed by atoms with Gasteiger partial charge >= 0.3 is 0 Å². The Balaban J connectivity index is 1.27. The molecule has 1 heterocycles. The fraction of sp³-hybridized carbons (Fsp3) is 0.171. The number of aromatic nitrogens is 3. The van der Waals surface area contributed by atoms with Crippen LogP contribution in [0.3, 0.4) is 0 Å². The third-order valence-electron chi connectivity index (χ3n) is 7.32. The maximum atomic E-state index is 13.6. The molecule has 1 aromatic heterocycles. The molecule has 0 unspecified atom stereocenters. The van der Waals surface area contributed by atoms with Crippen LogP contribution in [0.2, 0.25) is 0 Å². The van der Waals surface area contributed by atoms with Crippen molar-refractivity contribution in [3.8, 4) is 22.8 Å². The third kappa shape index (κ3) is 7.75. The van der Waals surface area contributed by atoms with Crippen LogP contribution in [0.4, 0.5) is 11.4 Å². The zero-order chi connectivity index (χ0) is 32.5. The van der Waals surface area contributed by atoms with Gasteiger partial charge in [0.2, 0.25) is 11.8 Å². The molecule has 0 radical (unpaired) electrons. The number of benzene rings is 4. The number of para-hydroxylation sites is 1. The Hall–Kier alpha value is -5.97. The van der Waals surface area contributed by atoms with E-state index in [4.69, 9.17) is 9.47 Å². The Morgan fingerprint density at radius 3 is 2.35 bits per heavy atom. The van der Waals surface area contributed by atoms with Crippen molar-refractivity contribution in [1.82, 2.24) is 20.3 Å². The first-order chi connectivity index (χ1) is 22.3. The highest BCUT2D eigenvalue weighted by Gasteiger charge is 2.26. The summed E-state index contributed by atoms with van der Waals surface area (Å²) in [5, 5.41) is 14.1. The predicted molar refractivity (Wildman–Crippen MR) is 175 cm³/mol. The van der Waals surface area contributed by atoms with Crippen molar-refractivity contribution in [1.29, 1.82) is 0 Å². The van der Waals surface area contributed by atoms with E-state index in [-0.39, 0.29) is 18.4 Å². The number of hydrogen-bond donors (Lipinski definition) is 2. The van der Waals surface area contributed by atoms with Crippen molar-refractivity contribution >= 4 is 29.1 Å². The van der Waals surface area contributed by atoms with Crippen molar-refractivity contribution in [3.63, 3.8) is 0 Å². The number of methoxy groups -OCH3 is 2. The normalized spacial score (nSPS) is 11.3. The summed E-state index contributed by atoms with van der Waals surface area (Å²) in [6.45, 7) is -0.151. The highest BCUT2D eigenvalue weighted by molar-refractivity contribution is 6.06. The van der Waals surface area contributed by atoms with Crippen LogP contribution in [0.25, 0.3) is 11.3 Å². The van der Waals surface area contributed by atoms with Crippen LogP contribution in [0.1, 0.15) is 15.9 Å². The quantitative estimate of drug-likeness (QED) is 0.209. The van der Waals surface area contributed by atoms with Gasteiger partial charge in [0, 0.05) is 30.4 Å². The Bertz CT molecular complexity index is 1810. The number of ether oxygens (including phenoxy) is 2. The number of hydrogen-bond acceptors (Lipinski definition) is 7. The molecule has 11 nitrogen and oxygen atoms in total. The van der Waals surface area contributed by atoms with Gasteiger partial charge in [-0.05, 0) is 54.1 Å². The molecule has 2 N–H and O–H groups in total. The lowest BCUT2D eigenvalue weighted by Gasteiger charge is -2.25. The number of carbonyl (C=O) groups is 3. The van der Waals surface area contributed by atoms with Crippen molar-refractivity contribution in [2.45, 2.75) is 19.0 Å². The summed E-state index contributed by atoms with van der Waals surface area (Å²) < 4.78 is 11.9. The zero-order valence-corrected chi connectivity index (χ0v) is 25.7. The molecule has 0 saturated carbocycles. The molecule has 11 heteroatoms. The number of amides is 3. The van der Waals surface area contributed by atoms with Crippen LogP contribution >= 0.6 is 0 Å². The molecule has 1 atom stereocenters. The number of likely N-dealkylation sites (N-methyl/N-ethyl adjacent to an activating group) is 1. The maximum absolute atomic E-state index is 13.6. The second-order valence-electron chi connectivity index (χ2n) is 10.4. The molecule has 4 aromatic carbocycles. The Kier molecular flexibility index (Phi) is 10.0. The monoisotopic (exact) mass is 618 g/mol. The first kappa shape index (κ1) is 31.5. The molecule has 0 aliphatic rings. The molecule has 0 bridgehead atoms. The van der Waals surface area contributed by atoms with E-state index >= 15 is 0 Å². The van der Waals surface area contributed by atoms with Crippen molar-refractivity contribution < 1.29 is 23.9 Å². The highest BCUT2D eigenvalue weighted by atomic mass is 16.5. The molecule has 0 saturated heterocycles. The molecule has 46 heavy (non-hydrogen) atoms. The summed E-state index contributed by atoms with van der Waals surface area (Å²) in [6, 6.07) is 29.9. The molecule has 5 aromatic rings. The smallest absolute Gasteiger partial charge is 0.259 e. The van der Waals surface area contributed by atoms with Crippen LogP contribution in [0.5, 0.6) is 11.5 Å². The summed E-state index contributed by atoms with van der Waals surface area (Å²) in [5.74, 6) is 0.167. The number of rotatable bonds is 12. The minimum Gasteiger partial charge on any atom is -0.497 e. The first-order valence-electron chi connectivity index (χ1n) is 14.5. The van der Waals surface area contributed by atoms with Crippen LogP contribution in [-0.4, -0.2) is 60.0 Å². The largest absolute Gasteiger partial charge is 0.497 e. The summed E-state index contributed by atoms with van der Waals surface area (Å²) in [6.07, 6.45) is 1.94. The van der Waals surface area contributed by atoms with Crippen LogP contribution < -0.4 is 25.0 Å². The number of anilines is 2. The second-order valence-corrected chi connectivity index (χ2v) is 10.4. The SMILES string of the molecule is COc1ccc(N(C)C(=O)[C@H](Cc2ccccc2)NC(=O)Cn2cc(-c3cccc(NC(=O)c4ccccc4OC)c3)nn2)cc1. The summed E-state index contributed by atoms with van der Waals surface area (Å²) in [5.41, 5.74) is 3.75. The Morgan fingerprint density at radius 1 is 0.870 bits per heavy atom. The molecule has 5 rings (SSSR count). The Labute approximate surface area is 266 Å². The van der Waals surface area contributed by atoms with Crippen molar-refractivity contribution in [2.24, 2.45) is 0 Å². The van der Waals surface area contributed by atoms with Crippen molar-refractivity contribution in [2.75, 3.05) is 31.5 Å². The summed E-state index contributed by atoms with van der Waals surface area (Å²) in [7, 11) is 4.76. The van der Waals surface area contributed by atoms with Crippen LogP contribution in [0, 0.1) is 0 Å². The zero-order valence-electron chi connectivity index (χ0n) is 25.7. The fourth-order valence-electron chi connectivity index (χ4n) is 4.90. The molecule has 0 fully saturated rings. The minimum absolute atomic E-state index is 0.151. The Morgan fingerprint density at radius 2 is 1.61 bits per heavy atom. The van der Waals surface area contributed by atoms with Crippen LogP contribution in [0.15, 0.2) is 109 Å². The molecule has 3 amide bonds. The van der Waals surface area contributed by atoms with Gasteiger partial charge in [-0.15, -0.1) is 5.10 Å². The van der Waals surface area contributed by atoms with E-state index in [1.165, 1.54) is 16.7 Å². The van der Waals surface area contributed by atoms with Gasteiger partial charge in [-0.2, -0.15) is 0 Å². The standard InChI is InChI=1S/C35H34N6O5/c1-40(27-16-18-28(45-2)19-17-27)35(44)30(20-24-10-5-4-6-11-24)37-33(42)23-41-22-31(38-39-41)25-12-9-13-26(21-25)36-34(43)29-14-7-8-15-32(29)46-3/h4-19,21-22,30H,20,23H2,1-3H3,(H,36,43)(H,37,42)/t30-/m0/s1. The lowest BCUT2D eigenvalue weighted by Crippen LogP contribution is -2.49. The first-order valence-corrected chi connectivity index (χ1v) is 14.5. The van der Waals surface area contributed by atoms with Gasteiger partial charge in [-0.1, -0.05) is 59.8 Å². The molecular weight excluding hydrogens is 584 g/mol. The summed E-state index contributed by atoms with van der Waals surface area (Å²) >= 11 is 0. The van der Waals surface area contributed by atoms with Gasteiger partial charge in [0.05, 0.1) is 26.0 Å². The number of carbonyl (C=O) groups excluding carboxylic acids is 3. The van der Waals surface area contributed by atoms with E-state index in [0.717, 1.165) is 5.56 Å². The summed E-state index contributed by atoms with van der Waals surface area (Å²) in [4.78, 5) is 41.2. The third-order valence-corrected chi connectivity index (χ3v) is 7.32. The van der Waals surface area contributed by atoms with E-state index in [1.807, 2.05) is 36.4 Å². The molecule has 234 valence electrons. The molecular formula is C35H34N6O5. The maximum Gasteiger partial charge on any atom is 0.259 e. The second kappa shape index (κ2) is 14.7. The van der Waals surface area contributed by atoms with Gasteiger partial charge < -0.3 is 25.0 Å². The topological polar surface area (TPSA) is 128 Å². The van der Waals surface area contributed by atoms with Gasteiger partial charge in [-0.3, -0.25) is 14.4 Å².